The quantitative estimate of drug-likeness (QED) is 0.320. The highest BCUT2D eigenvalue weighted by Gasteiger charge is 2.64. The van der Waals surface area contributed by atoms with Gasteiger partial charge in [-0.2, -0.15) is 0 Å². The summed E-state index contributed by atoms with van der Waals surface area (Å²) >= 11 is 0. The number of ether oxygens (including phenoxy) is 1. The standard InChI is InChI=1S/C27H34N4O8/c1-29(2)15-11-16(31-5-7-39-8-6-31)21(32)18-13(15)9-12-10-14-20(30(3)4)23(34)19(26(28)37)25(36)27(14,38)24(35)17(12)22(18)33/h11-12,14,20,32-33,36,38H,5-10H2,1-4H3,(H2,28,37)/t12-,14-,20-,27-/m1/s1. The molecule has 12 heteroatoms. The van der Waals surface area contributed by atoms with Gasteiger partial charge in [-0.3, -0.25) is 19.3 Å². The van der Waals surface area contributed by atoms with Gasteiger partial charge in [0.05, 0.1) is 30.5 Å². The van der Waals surface area contributed by atoms with Crippen LogP contribution in [0, 0.1) is 11.8 Å². The van der Waals surface area contributed by atoms with Crippen molar-refractivity contribution in [2.45, 2.75) is 24.5 Å². The van der Waals surface area contributed by atoms with Gasteiger partial charge in [-0.1, -0.05) is 0 Å². The molecule has 0 aromatic heterocycles. The number of aliphatic hydroxyl groups is 3. The number of carbonyl (C=O) groups excluding carboxylic acids is 3. The normalized spacial score (nSPS) is 28.9. The summed E-state index contributed by atoms with van der Waals surface area (Å²) in [5, 5.41) is 45.8. The molecule has 39 heavy (non-hydrogen) atoms. The van der Waals surface area contributed by atoms with Crippen molar-refractivity contribution in [1.82, 2.24) is 4.90 Å². The second-order valence-corrected chi connectivity index (χ2v) is 11.1. The van der Waals surface area contributed by atoms with Crippen molar-refractivity contribution in [3.63, 3.8) is 0 Å². The van der Waals surface area contributed by atoms with Crippen LogP contribution in [0.5, 0.6) is 5.75 Å². The summed E-state index contributed by atoms with van der Waals surface area (Å²) in [7, 11) is 6.82. The maximum Gasteiger partial charge on any atom is 0.255 e. The van der Waals surface area contributed by atoms with Gasteiger partial charge in [0, 0.05) is 44.4 Å². The molecular formula is C27H34N4O8. The van der Waals surface area contributed by atoms with Crippen LogP contribution in [0.15, 0.2) is 23.0 Å². The van der Waals surface area contributed by atoms with Crippen molar-refractivity contribution in [3.05, 3.63) is 34.1 Å². The van der Waals surface area contributed by atoms with Gasteiger partial charge in [-0.15, -0.1) is 0 Å². The summed E-state index contributed by atoms with van der Waals surface area (Å²) in [6.07, 6.45) is 0.281. The predicted octanol–water partition coefficient (Wildman–Crippen LogP) is -0.133. The Bertz CT molecular complexity index is 1340. The van der Waals surface area contributed by atoms with Gasteiger partial charge in [-0.25, -0.2) is 0 Å². The van der Waals surface area contributed by atoms with Crippen LogP contribution in [0.3, 0.4) is 0 Å². The van der Waals surface area contributed by atoms with Crippen molar-refractivity contribution < 1.29 is 39.5 Å². The molecule has 4 atom stereocenters. The lowest BCUT2D eigenvalue weighted by atomic mass is 9.57. The fourth-order valence-electron chi connectivity index (χ4n) is 6.72. The zero-order chi connectivity index (χ0) is 28.5. The van der Waals surface area contributed by atoms with Crippen molar-refractivity contribution >= 4 is 34.6 Å². The third-order valence-electron chi connectivity index (χ3n) is 8.51. The van der Waals surface area contributed by atoms with Crippen molar-refractivity contribution in [3.8, 4) is 5.75 Å². The van der Waals surface area contributed by atoms with Gasteiger partial charge in [0.1, 0.15) is 22.8 Å². The van der Waals surface area contributed by atoms with Gasteiger partial charge in [0.25, 0.3) is 5.91 Å². The molecule has 1 aromatic carbocycles. The Hall–Kier alpha value is -3.61. The number of anilines is 2. The first-order valence-electron chi connectivity index (χ1n) is 12.9. The minimum Gasteiger partial charge on any atom is -0.508 e. The molecule has 2 fully saturated rings. The number of ketones is 2. The van der Waals surface area contributed by atoms with E-state index in [-0.39, 0.29) is 29.7 Å². The lowest BCUT2D eigenvalue weighted by molar-refractivity contribution is -0.153. The minimum absolute atomic E-state index is 0.0462. The van der Waals surface area contributed by atoms with E-state index < -0.39 is 58.0 Å². The lowest BCUT2D eigenvalue weighted by Gasteiger charge is -2.50. The molecule has 1 aromatic rings. The number of Topliss-reactive ketones (excluding diaryl/α,β-unsaturated/α-hetero) is 2. The number of likely N-dealkylation sites (N-methyl/N-ethyl adjacent to an activating group) is 1. The van der Waals surface area contributed by atoms with Gasteiger partial charge >= 0.3 is 0 Å². The molecule has 3 aliphatic carbocycles. The van der Waals surface area contributed by atoms with E-state index >= 15 is 0 Å². The number of carbonyl (C=O) groups is 3. The van der Waals surface area contributed by atoms with Gasteiger partial charge in [0.2, 0.25) is 5.78 Å². The molecule has 12 nitrogen and oxygen atoms in total. The fraction of sp³-hybridized carbons (Fsp3) is 0.519. The third kappa shape index (κ3) is 3.73. The number of aliphatic hydroxyl groups excluding tert-OH is 2. The van der Waals surface area contributed by atoms with E-state index in [0.29, 0.717) is 37.6 Å². The van der Waals surface area contributed by atoms with E-state index in [1.165, 1.54) is 4.90 Å². The number of rotatable bonds is 4. The molecule has 0 spiro atoms. The second-order valence-electron chi connectivity index (χ2n) is 11.1. The number of nitrogens with two attached hydrogens (primary N) is 1. The maximum absolute atomic E-state index is 14.0. The Labute approximate surface area is 225 Å². The number of benzene rings is 1. The molecule has 1 saturated carbocycles. The highest BCUT2D eigenvalue weighted by atomic mass is 16.5. The molecule has 0 radical (unpaired) electrons. The molecule has 1 heterocycles. The van der Waals surface area contributed by atoms with Gasteiger partial charge in [-0.05, 0) is 44.5 Å². The van der Waals surface area contributed by atoms with Crippen molar-refractivity contribution in [1.29, 1.82) is 0 Å². The number of primary amides is 1. The Balaban J connectivity index is 1.74. The molecular weight excluding hydrogens is 508 g/mol. The number of morpholine rings is 1. The van der Waals surface area contributed by atoms with E-state index in [9.17, 15) is 34.8 Å². The summed E-state index contributed by atoms with van der Waals surface area (Å²) in [6, 6.07) is 0.729. The summed E-state index contributed by atoms with van der Waals surface area (Å²) in [5.74, 6) is -6.60. The molecule has 210 valence electrons. The van der Waals surface area contributed by atoms with Gasteiger partial charge in [0.15, 0.2) is 11.4 Å². The van der Waals surface area contributed by atoms with Crippen LogP contribution in [-0.4, -0.2) is 109 Å². The number of hydrogen-bond acceptors (Lipinski definition) is 11. The molecule has 1 saturated heterocycles. The number of fused-ring (bicyclic) bond motifs is 3. The van der Waals surface area contributed by atoms with E-state index in [1.807, 2.05) is 30.0 Å². The number of hydrogen-bond donors (Lipinski definition) is 5. The van der Waals surface area contributed by atoms with Crippen LogP contribution in [0.25, 0.3) is 5.76 Å². The molecule has 1 amide bonds. The molecule has 0 bridgehead atoms. The van der Waals surface area contributed by atoms with E-state index in [0.717, 1.165) is 5.69 Å². The number of phenols is 1. The topological polar surface area (TPSA) is 177 Å². The first-order chi connectivity index (χ1) is 18.3. The summed E-state index contributed by atoms with van der Waals surface area (Å²) in [6.45, 7) is 1.98. The fourth-order valence-corrected chi connectivity index (χ4v) is 6.72. The Morgan fingerprint density at radius 3 is 2.33 bits per heavy atom. The van der Waals surface area contributed by atoms with Crippen LogP contribution in [0.1, 0.15) is 17.5 Å². The van der Waals surface area contributed by atoms with E-state index in [2.05, 4.69) is 0 Å². The van der Waals surface area contributed by atoms with E-state index in [1.54, 1.807) is 14.1 Å². The maximum atomic E-state index is 14.0. The smallest absolute Gasteiger partial charge is 0.255 e. The lowest BCUT2D eigenvalue weighted by Crippen LogP contribution is -2.65. The Morgan fingerprint density at radius 2 is 1.77 bits per heavy atom. The van der Waals surface area contributed by atoms with Gasteiger partial charge < -0.3 is 40.7 Å². The zero-order valence-corrected chi connectivity index (χ0v) is 22.4. The first-order valence-corrected chi connectivity index (χ1v) is 12.9. The van der Waals surface area contributed by atoms with E-state index in [4.69, 9.17) is 10.5 Å². The highest BCUT2D eigenvalue weighted by Crippen LogP contribution is 2.55. The van der Waals surface area contributed by atoms with Crippen molar-refractivity contribution in [2.24, 2.45) is 17.6 Å². The summed E-state index contributed by atoms with van der Waals surface area (Å²) < 4.78 is 5.43. The van der Waals surface area contributed by atoms with Crippen LogP contribution < -0.4 is 15.5 Å². The molecule has 6 N–H and O–H groups in total. The second kappa shape index (κ2) is 9.25. The number of phenolic OH excluding ortho intramolecular Hbond substituents is 1. The molecule has 5 rings (SSSR count). The predicted molar refractivity (Wildman–Crippen MR) is 142 cm³/mol. The average Bonchev–Trinajstić information content (AvgIpc) is 2.86. The molecule has 4 aliphatic rings. The molecule has 1 aliphatic heterocycles. The number of nitrogens with zero attached hydrogens (tertiary/aromatic N) is 3. The molecule has 0 unspecified atom stereocenters. The highest BCUT2D eigenvalue weighted by molar-refractivity contribution is 6.24. The third-order valence-corrected chi connectivity index (χ3v) is 8.51. The number of amides is 1. The van der Waals surface area contributed by atoms with Crippen LogP contribution >= 0.6 is 0 Å². The number of aromatic hydroxyl groups is 1. The SMILES string of the molecule is CN(C)c1cc(N2CCOCC2)c(O)c2c1C[C@@H]1C[C@@H]3[C@@H](N(C)C)C(=O)C(C(N)=O)=C(O)[C@]3(O)C(=O)C1=C2O. The average molecular weight is 543 g/mol. The minimum atomic E-state index is -2.66. The largest absolute Gasteiger partial charge is 0.508 e. The van der Waals surface area contributed by atoms with Crippen molar-refractivity contribution in [2.75, 3.05) is 64.3 Å². The summed E-state index contributed by atoms with van der Waals surface area (Å²) in [4.78, 5) is 44.7. The van der Waals surface area contributed by atoms with Crippen LogP contribution in [-0.2, 0) is 25.5 Å². The monoisotopic (exact) mass is 542 g/mol. The first kappa shape index (κ1) is 27.0. The Kier molecular flexibility index (Phi) is 6.40. The summed E-state index contributed by atoms with van der Waals surface area (Å²) in [5.41, 5.74) is 3.65. The zero-order valence-electron chi connectivity index (χ0n) is 22.4. The van der Waals surface area contributed by atoms with Crippen LogP contribution in [0.4, 0.5) is 11.4 Å². The van der Waals surface area contributed by atoms with Crippen LogP contribution in [0.2, 0.25) is 0 Å². The Morgan fingerprint density at radius 1 is 1.13 bits per heavy atom.